The number of ether oxygens (including phenoxy) is 1. The zero-order chi connectivity index (χ0) is 13.5. The molecule has 0 spiro atoms. The minimum atomic E-state index is 0.752. The van der Waals surface area contributed by atoms with Crippen molar-refractivity contribution >= 4 is 0 Å². The summed E-state index contributed by atoms with van der Waals surface area (Å²) in [7, 11) is 0. The highest BCUT2D eigenvalue weighted by Gasteiger charge is 1.99. The maximum absolute atomic E-state index is 5.55. The molecule has 0 aliphatic rings. The average Bonchev–Trinajstić information content (AvgIpc) is 2.84. The number of aryl methyl sites for hydroxylation is 1. The van der Waals surface area contributed by atoms with Crippen molar-refractivity contribution in [2.75, 3.05) is 6.61 Å². The largest absolute Gasteiger partial charge is 0.494 e. The van der Waals surface area contributed by atoms with E-state index in [9.17, 15) is 0 Å². The van der Waals surface area contributed by atoms with Crippen molar-refractivity contribution in [2.45, 2.75) is 33.4 Å². The SMILES string of the molecule is CCCOc1ccc(CNCc2ccc(C)o2)cc1. The Balaban J connectivity index is 1.76. The number of furan rings is 1. The second-order valence-corrected chi connectivity index (χ2v) is 4.61. The average molecular weight is 259 g/mol. The Hall–Kier alpha value is -1.74. The van der Waals surface area contributed by atoms with E-state index in [-0.39, 0.29) is 0 Å². The van der Waals surface area contributed by atoms with Gasteiger partial charge in [-0.05, 0) is 43.2 Å². The van der Waals surface area contributed by atoms with Crippen LogP contribution in [-0.2, 0) is 13.1 Å². The van der Waals surface area contributed by atoms with Crippen molar-refractivity contribution in [3.05, 3.63) is 53.5 Å². The fourth-order valence-corrected chi connectivity index (χ4v) is 1.83. The van der Waals surface area contributed by atoms with Crippen LogP contribution in [0.25, 0.3) is 0 Å². The van der Waals surface area contributed by atoms with E-state index in [4.69, 9.17) is 9.15 Å². The van der Waals surface area contributed by atoms with Crippen molar-refractivity contribution < 1.29 is 9.15 Å². The van der Waals surface area contributed by atoms with Crippen LogP contribution in [0.15, 0.2) is 40.8 Å². The van der Waals surface area contributed by atoms with Gasteiger partial charge in [-0.1, -0.05) is 19.1 Å². The van der Waals surface area contributed by atoms with Gasteiger partial charge in [0.05, 0.1) is 13.2 Å². The highest BCUT2D eigenvalue weighted by molar-refractivity contribution is 5.27. The van der Waals surface area contributed by atoms with Crippen molar-refractivity contribution in [3.63, 3.8) is 0 Å². The Morgan fingerprint density at radius 1 is 1.05 bits per heavy atom. The van der Waals surface area contributed by atoms with Crippen molar-refractivity contribution in [1.29, 1.82) is 0 Å². The summed E-state index contributed by atoms with van der Waals surface area (Å²) in [5.74, 6) is 2.86. The molecular weight excluding hydrogens is 238 g/mol. The zero-order valence-corrected chi connectivity index (χ0v) is 11.6. The molecule has 0 saturated carbocycles. The zero-order valence-electron chi connectivity index (χ0n) is 11.6. The molecule has 2 aromatic rings. The summed E-state index contributed by atoms with van der Waals surface area (Å²) in [6.45, 7) is 6.42. The van der Waals surface area contributed by atoms with Gasteiger partial charge in [0.2, 0.25) is 0 Å². The van der Waals surface area contributed by atoms with Gasteiger partial charge in [-0.15, -0.1) is 0 Å². The van der Waals surface area contributed by atoms with Gasteiger partial charge in [0.1, 0.15) is 17.3 Å². The van der Waals surface area contributed by atoms with Crippen molar-refractivity contribution in [3.8, 4) is 5.75 Å². The minimum Gasteiger partial charge on any atom is -0.494 e. The minimum absolute atomic E-state index is 0.752. The lowest BCUT2D eigenvalue weighted by Crippen LogP contribution is -2.12. The smallest absolute Gasteiger partial charge is 0.119 e. The lowest BCUT2D eigenvalue weighted by molar-refractivity contribution is 0.317. The van der Waals surface area contributed by atoms with E-state index in [0.717, 1.165) is 43.4 Å². The standard InChI is InChI=1S/C16H21NO2/c1-3-10-18-15-8-5-14(6-9-15)11-17-12-16-7-4-13(2)19-16/h4-9,17H,3,10-12H2,1-2H3. The molecule has 1 N–H and O–H groups in total. The molecule has 0 aliphatic heterocycles. The van der Waals surface area contributed by atoms with Crippen LogP contribution in [0.2, 0.25) is 0 Å². The summed E-state index contributed by atoms with van der Waals surface area (Å²) in [6, 6.07) is 12.2. The predicted molar refractivity (Wildman–Crippen MR) is 76.2 cm³/mol. The van der Waals surface area contributed by atoms with Gasteiger partial charge >= 0.3 is 0 Å². The Morgan fingerprint density at radius 2 is 1.84 bits per heavy atom. The number of benzene rings is 1. The van der Waals surface area contributed by atoms with Crippen LogP contribution in [0.3, 0.4) is 0 Å². The van der Waals surface area contributed by atoms with E-state index in [1.54, 1.807) is 0 Å². The van der Waals surface area contributed by atoms with E-state index < -0.39 is 0 Å². The molecule has 0 bridgehead atoms. The van der Waals surface area contributed by atoms with E-state index >= 15 is 0 Å². The number of hydrogen-bond acceptors (Lipinski definition) is 3. The lowest BCUT2D eigenvalue weighted by atomic mass is 10.2. The molecule has 3 heteroatoms. The molecule has 0 aliphatic carbocycles. The Bertz CT molecular complexity index is 488. The predicted octanol–water partition coefficient (Wildman–Crippen LogP) is 3.67. The third-order valence-electron chi connectivity index (χ3n) is 2.82. The van der Waals surface area contributed by atoms with Gasteiger partial charge in [-0.25, -0.2) is 0 Å². The van der Waals surface area contributed by atoms with Gasteiger partial charge in [-0.2, -0.15) is 0 Å². The first kappa shape index (κ1) is 13.7. The van der Waals surface area contributed by atoms with E-state index in [2.05, 4.69) is 24.4 Å². The third kappa shape index (κ3) is 4.45. The summed E-state index contributed by atoms with van der Waals surface area (Å²) in [6.07, 6.45) is 1.03. The molecule has 102 valence electrons. The molecule has 1 aromatic carbocycles. The molecule has 0 saturated heterocycles. The van der Waals surface area contributed by atoms with Gasteiger partial charge < -0.3 is 14.5 Å². The number of hydrogen-bond donors (Lipinski definition) is 1. The molecule has 0 fully saturated rings. The van der Waals surface area contributed by atoms with Gasteiger partial charge in [-0.3, -0.25) is 0 Å². The van der Waals surface area contributed by atoms with Crippen LogP contribution in [0, 0.1) is 6.92 Å². The van der Waals surface area contributed by atoms with Crippen molar-refractivity contribution in [2.24, 2.45) is 0 Å². The Kier molecular flexibility index (Phi) is 5.04. The van der Waals surface area contributed by atoms with E-state index in [1.165, 1.54) is 5.56 Å². The second kappa shape index (κ2) is 7.00. The van der Waals surface area contributed by atoms with Gasteiger partial charge in [0.15, 0.2) is 0 Å². The Morgan fingerprint density at radius 3 is 2.47 bits per heavy atom. The quantitative estimate of drug-likeness (QED) is 0.824. The first-order chi connectivity index (χ1) is 9.28. The first-order valence-electron chi connectivity index (χ1n) is 6.75. The fourth-order valence-electron chi connectivity index (χ4n) is 1.83. The molecule has 3 nitrogen and oxygen atoms in total. The van der Waals surface area contributed by atoms with Crippen LogP contribution in [0.5, 0.6) is 5.75 Å². The monoisotopic (exact) mass is 259 g/mol. The fraction of sp³-hybridized carbons (Fsp3) is 0.375. The summed E-state index contributed by atoms with van der Waals surface area (Å²) in [4.78, 5) is 0. The highest BCUT2D eigenvalue weighted by atomic mass is 16.5. The topological polar surface area (TPSA) is 34.4 Å². The Labute approximate surface area is 114 Å². The maximum atomic E-state index is 5.55. The van der Waals surface area contributed by atoms with Crippen LogP contribution in [0.4, 0.5) is 0 Å². The van der Waals surface area contributed by atoms with Gasteiger partial charge in [0.25, 0.3) is 0 Å². The summed E-state index contributed by atoms with van der Waals surface area (Å²) >= 11 is 0. The summed E-state index contributed by atoms with van der Waals surface area (Å²) in [5.41, 5.74) is 1.24. The van der Waals surface area contributed by atoms with Gasteiger partial charge in [0, 0.05) is 6.54 Å². The van der Waals surface area contributed by atoms with E-state index in [0.29, 0.717) is 0 Å². The molecule has 0 amide bonds. The number of nitrogens with one attached hydrogen (secondary N) is 1. The van der Waals surface area contributed by atoms with Crippen LogP contribution in [0.1, 0.15) is 30.4 Å². The normalized spacial score (nSPS) is 10.6. The highest BCUT2D eigenvalue weighted by Crippen LogP contribution is 2.12. The molecule has 19 heavy (non-hydrogen) atoms. The van der Waals surface area contributed by atoms with E-state index in [1.807, 2.05) is 31.2 Å². The third-order valence-corrected chi connectivity index (χ3v) is 2.82. The lowest BCUT2D eigenvalue weighted by Gasteiger charge is -2.06. The summed E-state index contributed by atoms with van der Waals surface area (Å²) < 4.78 is 11.1. The second-order valence-electron chi connectivity index (χ2n) is 4.61. The van der Waals surface area contributed by atoms with Crippen LogP contribution < -0.4 is 10.1 Å². The maximum Gasteiger partial charge on any atom is 0.119 e. The molecule has 1 heterocycles. The molecule has 0 atom stereocenters. The molecule has 0 unspecified atom stereocenters. The first-order valence-corrected chi connectivity index (χ1v) is 6.75. The van der Waals surface area contributed by atoms with Crippen LogP contribution >= 0.6 is 0 Å². The van der Waals surface area contributed by atoms with Crippen LogP contribution in [-0.4, -0.2) is 6.61 Å². The molecular formula is C16H21NO2. The summed E-state index contributed by atoms with van der Waals surface area (Å²) in [5, 5.41) is 3.36. The molecule has 2 rings (SSSR count). The van der Waals surface area contributed by atoms with Crippen molar-refractivity contribution in [1.82, 2.24) is 5.32 Å². The number of rotatable bonds is 7. The molecule has 0 radical (unpaired) electrons. The molecule has 1 aromatic heterocycles.